The predicted octanol–water partition coefficient (Wildman–Crippen LogP) is 1.29. The van der Waals surface area contributed by atoms with Crippen LogP contribution in [0, 0.1) is 5.92 Å². The second-order valence-electron chi connectivity index (χ2n) is 6.59. The maximum atomic E-state index is 13.3. The maximum absolute atomic E-state index is 13.3. The van der Waals surface area contributed by atoms with Crippen molar-refractivity contribution in [2.45, 2.75) is 12.6 Å². The zero-order valence-corrected chi connectivity index (χ0v) is 16.5. The summed E-state index contributed by atoms with van der Waals surface area (Å²) >= 11 is 0. The van der Waals surface area contributed by atoms with Crippen LogP contribution in [0.4, 0.5) is 19.0 Å². The molecule has 29 heavy (non-hydrogen) atoms. The van der Waals surface area contributed by atoms with E-state index in [0.29, 0.717) is 30.6 Å². The molecule has 13 heteroatoms. The Kier molecular flexibility index (Phi) is 5.74. The molecule has 1 aliphatic rings. The highest BCUT2D eigenvalue weighted by Gasteiger charge is 2.38. The van der Waals surface area contributed by atoms with Crippen LogP contribution in [-0.2, 0) is 16.4 Å². The van der Waals surface area contributed by atoms with Crippen molar-refractivity contribution >= 4 is 26.9 Å². The summed E-state index contributed by atoms with van der Waals surface area (Å²) in [7, 11) is -0.966. The first kappa shape index (κ1) is 21.3. The van der Waals surface area contributed by atoms with E-state index in [1.165, 1.54) is 20.3 Å². The molecule has 0 saturated carbocycles. The lowest BCUT2D eigenvalue weighted by Gasteiger charge is -2.41. The van der Waals surface area contributed by atoms with Gasteiger partial charge in [-0.1, -0.05) is 0 Å². The van der Waals surface area contributed by atoms with Gasteiger partial charge in [0.15, 0.2) is 11.5 Å². The first-order valence-electron chi connectivity index (χ1n) is 8.55. The summed E-state index contributed by atoms with van der Waals surface area (Å²) in [6.45, 7) is 0.995. The van der Waals surface area contributed by atoms with Gasteiger partial charge in [-0.2, -0.15) is 21.6 Å². The Labute approximate surface area is 165 Å². The highest BCUT2D eigenvalue weighted by molar-refractivity contribution is 7.87. The second kappa shape index (κ2) is 7.80. The van der Waals surface area contributed by atoms with Crippen molar-refractivity contribution in [2.24, 2.45) is 11.1 Å². The van der Waals surface area contributed by atoms with Gasteiger partial charge in [-0.15, -0.1) is 0 Å². The van der Waals surface area contributed by atoms with Gasteiger partial charge in [-0.05, 0) is 18.4 Å². The number of nitrogens with two attached hydrogens (primary N) is 1. The number of rotatable bonds is 7. The summed E-state index contributed by atoms with van der Waals surface area (Å²) in [5, 5.41) is 5.28. The number of fused-ring (bicyclic) bond motifs is 1. The Morgan fingerprint density at radius 1 is 1.21 bits per heavy atom. The third kappa shape index (κ3) is 4.79. The second-order valence-corrected chi connectivity index (χ2v) is 7.97. The molecular formula is C16H20F3N5O4S. The van der Waals surface area contributed by atoms with Crippen LogP contribution >= 0.6 is 0 Å². The smallest absolute Gasteiger partial charge is 0.451 e. The average molecular weight is 435 g/mol. The molecule has 1 aromatic heterocycles. The number of methoxy groups -OCH3 is 2. The van der Waals surface area contributed by atoms with E-state index in [1.807, 2.05) is 0 Å². The lowest BCUT2D eigenvalue weighted by molar-refractivity contribution is -0.144. The quantitative estimate of drug-likeness (QED) is 0.672. The van der Waals surface area contributed by atoms with Crippen molar-refractivity contribution in [1.82, 2.24) is 14.7 Å². The molecular weight excluding hydrogens is 415 g/mol. The van der Waals surface area contributed by atoms with E-state index in [4.69, 9.17) is 14.6 Å². The molecule has 2 heterocycles. The van der Waals surface area contributed by atoms with E-state index in [9.17, 15) is 21.6 Å². The molecule has 0 bridgehead atoms. The molecule has 3 N–H and O–H groups in total. The van der Waals surface area contributed by atoms with Gasteiger partial charge in [-0.25, -0.2) is 19.8 Å². The van der Waals surface area contributed by atoms with Gasteiger partial charge in [-0.3, -0.25) is 0 Å². The van der Waals surface area contributed by atoms with Gasteiger partial charge < -0.3 is 14.4 Å². The van der Waals surface area contributed by atoms with Crippen LogP contribution in [0.3, 0.4) is 0 Å². The zero-order valence-electron chi connectivity index (χ0n) is 15.7. The van der Waals surface area contributed by atoms with Crippen LogP contribution in [0.25, 0.3) is 10.9 Å². The number of halogens is 3. The summed E-state index contributed by atoms with van der Waals surface area (Å²) in [6.07, 6.45) is -4.21. The molecule has 0 amide bonds. The molecule has 3 rings (SSSR count). The molecule has 0 spiro atoms. The monoisotopic (exact) mass is 435 g/mol. The van der Waals surface area contributed by atoms with Crippen LogP contribution in [0.2, 0.25) is 0 Å². The molecule has 9 nitrogen and oxygen atoms in total. The van der Waals surface area contributed by atoms with Crippen molar-refractivity contribution in [1.29, 1.82) is 0 Å². The minimum absolute atomic E-state index is 0.0827. The minimum Gasteiger partial charge on any atom is -0.493 e. The molecule has 0 aliphatic carbocycles. The molecule has 0 atom stereocenters. The largest absolute Gasteiger partial charge is 0.493 e. The van der Waals surface area contributed by atoms with E-state index < -0.39 is 22.2 Å². The summed E-state index contributed by atoms with van der Waals surface area (Å²) in [4.78, 5) is 9.07. The van der Waals surface area contributed by atoms with E-state index >= 15 is 0 Å². The fraction of sp³-hybridized carbons (Fsp3) is 0.500. The fourth-order valence-corrected chi connectivity index (χ4v) is 3.54. The molecule has 0 unspecified atom stereocenters. The molecule has 1 aliphatic heterocycles. The van der Waals surface area contributed by atoms with Crippen LogP contribution in [0.1, 0.15) is 12.2 Å². The SMILES string of the molecule is COc1cc2nc(C(F)(F)F)nc(N3CC(CCNS(N)(=O)=O)C3)c2cc1OC. The van der Waals surface area contributed by atoms with Crippen molar-refractivity contribution in [3.8, 4) is 11.5 Å². The van der Waals surface area contributed by atoms with E-state index in [0.717, 1.165) is 0 Å². The van der Waals surface area contributed by atoms with Gasteiger partial charge in [0.25, 0.3) is 10.2 Å². The number of hydrogen-bond donors (Lipinski definition) is 2. The van der Waals surface area contributed by atoms with Crippen LogP contribution < -0.4 is 24.2 Å². The van der Waals surface area contributed by atoms with E-state index in [1.54, 1.807) is 11.0 Å². The van der Waals surface area contributed by atoms with E-state index in [2.05, 4.69) is 14.7 Å². The van der Waals surface area contributed by atoms with E-state index in [-0.39, 0.29) is 29.5 Å². The fourth-order valence-electron chi connectivity index (χ4n) is 3.14. The number of nitrogens with one attached hydrogen (secondary N) is 1. The Morgan fingerprint density at radius 3 is 2.38 bits per heavy atom. The number of aromatic nitrogens is 2. The van der Waals surface area contributed by atoms with Crippen molar-refractivity contribution < 1.29 is 31.1 Å². The minimum atomic E-state index is -4.71. The topological polar surface area (TPSA) is 120 Å². The zero-order chi connectivity index (χ0) is 21.4. The third-order valence-electron chi connectivity index (χ3n) is 4.55. The van der Waals surface area contributed by atoms with Gasteiger partial charge in [0.2, 0.25) is 5.82 Å². The van der Waals surface area contributed by atoms with Gasteiger partial charge in [0, 0.05) is 31.1 Å². The third-order valence-corrected chi connectivity index (χ3v) is 5.15. The first-order valence-corrected chi connectivity index (χ1v) is 10.1. The van der Waals surface area contributed by atoms with Crippen LogP contribution in [-0.4, -0.2) is 52.2 Å². The molecule has 160 valence electrons. The summed E-state index contributed by atoms with van der Waals surface area (Å²) < 4.78 is 74.3. The Balaban J connectivity index is 1.90. The molecule has 1 saturated heterocycles. The van der Waals surface area contributed by atoms with Gasteiger partial charge >= 0.3 is 6.18 Å². The Morgan fingerprint density at radius 2 is 1.83 bits per heavy atom. The number of benzene rings is 1. The molecule has 1 fully saturated rings. The highest BCUT2D eigenvalue weighted by atomic mass is 32.2. The number of hydrogen-bond acceptors (Lipinski definition) is 7. The number of anilines is 1. The number of ether oxygens (including phenoxy) is 2. The van der Waals surface area contributed by atoms with Crippen molar-refractivity contribution in [3.05, 3.63) is 18.0 Å². The number of nitrogens with zero attached hydrogens (tertiary/aromatic N) is 3. The van der Waals surface area contributed by atoms with Crippen LogP contribution in [0.15, 0.2) is 12.1 Å². The summed E-state index contributed by atoms with van der Waals surface area (Å²) in [5.41, 5.74) is 0.0827. The molecule has 1 aromatic carbocycles. The summed E-state index contributed by atoms with van der Waals surface area (Å²) in [5.74, 6) is -0.415. The highest BCUT2D eigenvalue weighted by Crippen LogP contribution is 2.39. The number of alkyl halides is 3. The molecule has 2 aromatic rings. The lowest BCUT2D eigenvalue weighted by Crippen LogP contribution is -2.48. The molecule has 0 radical (unpaired) electrons. The van der Waals surface area contributed by atoms with Gasteiger partial charge in [0.1, 0.15) is 5.82 Å². The lowest BCUT2D eigenvalue weighted by atomic mass is 9.96. The predicted molar refractivity (Wildman–Crippen MR) is 99.1 cm³/mol. The standard InChI is InChI=1S/C16H20F3N5O4S/c1-27-12-5-10-11(6-13(12)28-2)22-15(16(17,18)19)23-14(10)24-7-9(8-24)3-4-21-29(20,25)26/h5-6,9,21H,3-4,7-8H2,1-2H3,(H2,20,25,26). The van der Waals surface area contributed by atoms with Crippen molar-refractivity contribution in [2.75, 3.05) is 38.8 Å². The average Bonchev–Trinajstić information content (AvgIpc) is 2.59. The van der Waals surface area contributed by atoms with Crippen LogP contribution in [0.5, 0.6) is 11.5 Å². The van der Waals surface area contributed by atoms with Crippen molar-refractivity contribution in [3.63, 3.8) is 0 Å². The van der Waals surface area contributed by atoms with Gasteiger partial charge in [0.05, 0.1) is 19.7 Å². The normalized spacial score (nSPS) is 15.4. The first-order chi connectivity index (χ1) is 13.5. The Bertz CT molecular complexity index is 1010. The summed E-state index contributed by atoms with van der Waals surface area (Å²) in [6, 6.07) is 2.92. The maximum Gasteiger partial charge on any atom is 0.451 e. The Hall–Kier alpha value is -2.38.